The second-order valence-corrected chi connectivity index (χ2v) is 3.39. The summed E-state index contributed by atoms with van der Waals surface area (Å²) in [4.78, 5) is 21.8. The number of anilines is 2. The SMILES string of the molecule is O=[N+]([O-])c1cc(Cl)nc(Nc2cnccn2)c1. The molecule has 2 aromatic heterocycles. The van der Waals surface area contributed by atoms with Crippen molar-refractivity contribution in [1.82, 2.24) is 15.0 Å². The van der Waals surface area contributed by atoms with E-state index in [1.54, 1.807) is 0 Å². The Kier molecular flexibility index (Phi) is 3.10. The number of rotatable bonds is 3. The molecule has 0 saturated heterocycles. The van der Waals surface area contributed by atoms with Crippen molar-refractivity contribution in [2.75, 3.05) is 5.32 Å². The van der Waals surface area contributed by atoms with E-state index in [1.807, 2.05) is 0 Å². The molecule has 2 rings (SSSR count). The molecule has 0 aliphatic heterocycles. The van der Waals surface area contributed by atoms with Crippen molar-refractivity contribution >= 4 is 28.9 Å². The Labute approximate surface area is 101 Å². The lowest BCUT2D eigenvalue weighted by Crippen LogP contribution is -1.98. The summed E-state index contributed by atoms with van der Waals surface area (Å²) in [5.41, 5.74) is -0.142. The van der Waals surface area contributed by atoms with Gasteiger partial charge in [-0.25, -0.2) is 9.97 Å². The topological polar surface area (TPSA) is 93.8 Å². The minimum Gasteiger partial charge on any atom is -0.323 e. The zero-order valence-electron chi connectivity index (χ0n) is 8.37. The number of halogens is 1. The highest BCUT2D eigenvalue weighted by atomic mass is 35.5. The summed E-state index contributed by atoms with van der Waals surface area (Å²) in [7, 11) is 0. The van der Waals surface area contributed by atoms with Crippen LogP contribution >= 0.6 is 11.6 Å². The van der Waals surface area contributed by atoms with Crippen LogP contribution in [0.1, 0.15) is 0 Å². The maximum absolute atomic E-state index is 10.6. The first kappa shape index (κ1) is 11.2. The summed E-state index contributed by atoms with van der Waals surface area (Å²) in [6.45, 7) is 0. The first-order valence-electron chi connectivity index (χ1n) is 4.50. The molecular formula is C9H6ClN5O2. The highest BCUT2D eigenvalue weighted by Crippen LogP contribution is 2.22. The summed E-state index contributed by atoms with van der Waals surface area (Å²) in [5, 5.41) is 13.4. The molecule has 0 aromatic carbocycles. The lowest BCUT2D eigenvalue weighted by Gasteiger charge is -2.03. The predicted molar refractivity (Wildman–Crippen MR) is 61.2 cm³/mol. The lowest BCUT2D eigenvalue weighted by molar-refractivity contribution is -0.384. The smallest absolute Gasteiger partial charge is 0.276 e. The van der Waals surface area contributed by atoms with E-state index in [0.29, 0.717) is 5.82 Å². The highest BCUT2D eigenvalue weighted by Gasteiger charge is 2.10. The molecule has 0 bridgehead atoms. The third-order valence-electron chi connectivity index (χ3n) is 1.81. The third kappa shape index (κ3) is 2.85. The Hall–Kier alpha value is -2.28. The molecule has 0 atom stereocenters. The molecule has 0 spiro atoms. The van der Waals surface area contributed by atoms with Gasteiger partial charge in [-0.3, -0.25) is 15.1 Å². The minimum absolute atomic E-state index is 0.0330. The highest BCUT2D eigenvalue weighted by molar-refractivity contribution is 6.29. The average Bonchev–Trinajstić information content (AvgIpc) is 2.29. The second-order valence-electron chi connectivity index (χ2n) is 3.01. The molecule has 17 heavy (non-hydrogen) atoms. The molecular weight excluding hydrogens is 246 g/mol. The number of hydrogen-bond donors (Lipinski definition) is 1. The van der Waals surface area contributed by atoms with Crippen LogP contribution in [0, 0.1) is 10.1 Å². The van der Waals surface area contributed by atoms with E-state index in [1.165, 1.54) is 30.7 Å². The van der Waals surface area contributed by atoms with Crippen LogP contribution in [0.3, 0.4) is 0 Å². The molecule has 0 saturated carbocycles. The maximum atomic E-state index is 10.6. The van der Waals surface area contributed by atoms with Gasteiger partial charge in [-0.2, -0.15) is 0 Å². The molecule has 8 heteroatoms. The van der Waals surface area contributed by atoms with Gasteiger partial charge < -0.3 is 5.32 Å². The van der Waals surface area contributed by atoms with E-state index in [9.17, 15) is 10.1 Å². The van der Waals surface area contributed by atoms with Crippen LogP contribution in [0.25, 0.3) is 0 Å². The fourth-order valence-electron chi connectivity index (χ4n) is 1.15. The molecule has 2 heterocycles. The monoisotopic (exact) mass is 251 g/mol. The van der Waals surface area contributed by atoms with E-state index in [0.717, 1.165) is 0 Å². The fraction of sp³-hybridized carbons (Fsp3) is 0. The van der Waals surface area contributed by atoms with Crippen LogP contribution in [0.5, 0.6) is 0 Å². The van der Waals surface area contributed by atoms with Gasteiger partial charge in [0.15, 0.2) is 0 Å². The Morgan fingerprint density at radius 1 is 1.29 bits per heavy atom. The quantitative estimate of drug-likeness (QED) is 0.510. The van der Waals surface area contributed by atoms with Gasteiger partial charge in [0, 0.05) is 12.4 Å². The van der Waals surface area contributed by atoms with Crippen LogP contribution in [0.15, 0.2) is 30.7 Å². The molecule has 0 amide bonds. The largest absolute Gasteiger partial charge is 0.323 e. The summed E-state index contributed by atoms with van der Waals surface area (Å²) in [6.07, 6.45) is 4.47. The van der Waals surface area contributed by atoms with E-state index < -0.39 is 4.92 Å². The van der Waals surface area contributed by atoms with Crippen molar-refractivity contribution in [2.45, 2.75) is 0 Å². The first-order chi connectivity index (χ1) is 8.15. The van der Waals surface area contributed by atoms with Crippen LogP contribution < -0.4 is 5.32 Å². The molecule has 0 fully saturated rings. The average molecular weight is 252 g/mol. The van der Waals surface area contributed by atoms with Gasteiger partial charge in [0.2, 0.25) is 0 Å². The van der Waals surface area contributed by atoms with Crippen LogP contribution in [0.4, 0.5) is 17.3 Å². The van der Waals surface area contributed by atoms with E-state index >= 15 is 0 Å². The number of hydrogen-bond acceptors (Lipinski definition) is 6. The number of nitrogens with one attached hydrogen (secondary N) is 1. The zero-order chi connectivity index (χ0) is 12.3. The van der Waals surface area contributed by atoms with Crippen molar-refractivity contribution in [3.63, 3.8) is 0 Å². The van der Waals surface area contributed by atoms with Gasteiger partial charge in [0.05, 0.1) is 23.3 Å². The summed E-state index contributed by atoms with van der Waals surface area (Å²) < 4.78 is 0. The van der Waals surface area contributed by atoms with Crippen molar-refractivity contribution < 1.29 is 4.92 Å². The van der Waals surface area contributed by atoms with E-state index in [2.05, 4.69) is 20.3 Å². The van der Waals surface area contributed by atoms with Gasteiger partial charge in [-0.05, 0) is 0 Å². The molecule has 0 unspecified atom stereocenters. The van der Waals surface area contributed by atoms with Crippen molar-refractivity contribution in [1.29, 1.82) is 0 Å². The van der Waals surface area contributed by atoms with Gasteiger partial charge in [-0.15, -0.1) is 0 Å². The number of aromatic nitrogens is 3. The van der Waals surface area contributed by atoms with Crippen LogP contribution in [0.2, 0.25) is 5.15 Å². The Bertz CT molecular complexity index is 548. The van der Waals surface area contributed by atoms with Crippen LogP contribution in [-0.4, -0.2) is 19.9 Å². The molecule has 1 N–H and O–H groups in total. The molecule has 0 radical (unpaired) electrons. The Morgan fingerprint density at radius 3 is 2.76 bits per heavy atom. The minimum atomic E-state index is -0.546. The summed E-state index contributed by atoms with van der Waals surface area (Å²) in [5.74, 6) is 0.668. The Morgan fingerprint density at radius 2 is 2.12 bits per heavy atom. The molecule has 0 aliphatic rings. The Balaban J connectivity index is 2.30. The van der Waals surface area contributed by atoms with Gasteiger partial charge in [-0.1, -0.05) is 11.6 Å². The van der Waals surface area contributed by atoms with Crippen LogP contribution in [-0.2, 0) is 0 Å². The zero-order valence-corrected chi connectivity index (χ0v) is 9.13. The number of pyridine rings is 1. The van der Waals surface area contributed by atoms with E-state index in [-0.39, 0.29) is 16.7 Å². The summed E-state index contributed by atoms with van der Waals surface area (Å²) >= 11 is 5.67. The standard InChI is InChI=1S/C9H6ClN5O2/c10-7-3-6(15(16)17)4-8(13-7)14-9-5-11-1-2-12-9/h1-5H,(H,12,13,14). The number of nitrogens with zero attached hydrogens (tertiary/aromatic N) is 4. The van der Waals surface area contributed by atoms with Gasteiger partial charge in [0.1, 0.15) is 16.8 Å². The molecule has 2 aromatic rings. The number of nitro groups is 1. The van der Waals surface area contributed by atoms with Crippen molar-refractivity contribution in [2.24, 2.45) is 0 Å². The summed E-state index contributed by atoms with van der Waals surface area (Å²) in [6, 6.07) is 2.43. The normalized spacial score (nSPS) is 9.94. The van der Waals surface area contributed by atoms with Crippen molar-refractivity contribution in [3.8, 4) is 0 Å². The van der Waals surface area contributed by atoms with E-state index in [4.69, 9.17) is 11.6 Å². The van der Waals surface area contributed by atoms with Gasteiger partial charge >= 0.3 is 0 Å². The first-order valence-corrected chi connectivity index (χ1v) is 4.88. The predicted octanol–water partition coefficient (Wildman–Crippen LogP) is 2.18. The molecule has 7 nitrogen and oxygen atoms in total. The molecule has 86 valence electrons. The maximum Gasteiger partial charge on any atom is 0.276 e. The van der Waals surface area contributed by atoms with Crippen molar-refractivity contribution in [3.05, 3.63) is 46.0 Å². The fourth-order valence-corrected chi connectivity index (χ4v) is 1.35. The van der Waals surface area contributed by atoms with Gasteiger partial charge in [0.25, 0.3) is 5.69 Å². The molecule has 0 aliphatic carbocycles. The third-order valence-corrected chi connectivity index (χ3v) is 2.00. The second kappa shape index (κ2) is 4.71. The lowest BCUT2D eigenvalue weighted by atomic mass is 10.4.